The number of benzene rings is 3. The molecule has 0 spiro atoms. The molecule has 0 aliphatic carbocycles. The number of nitrogens with zero attached hydrogens (tertiary/aromatic N) is 2. The number of hydrogen-bond acceptors (Lipinski definition) is 4. The highest BCUT2D eigenvalue weighted by atomic mass is 35.5. The Balaban J connectivity index is 2.13. The lowest BCUT2D eigenvalue weighted by Gasteiger charge is -2.32. The van der Waals surface area contributed by atoms with Gasteiger partial charge in [0.1, 0.15) is 12.6 Å². The first kappa shape index (κ1) is 35.5. The molecule has 0 unspecified atom stereocenters. The van der Waals surface area contributed by atoms with E-state index in [4.69, 9.17) is 34.8 Å². The monoisotopic (exact) mass is 691 g/mol. The topological polar surface area (TPSA) is 86.8 Å². The minimum atomic E-state index is -4.90. The number of sulfonamides is 1. The SMILES string of the molecule is CC[C@@H](C)NC(=O)[C@H](C)N(Cc1ccc(Cl)c(Cl)c1)C(=O)CN(c1ccc(Cl)c(C(F)(F)F)c1)S(=O)(=O)c1ccc(C)cc1. The van der Waals surface area contributed by atoms with Crippen molar-refractivity contribution < 1.29 is 31.2 Å². The number of carbonyl (C=O) groups is 2. The summed E-state index contributed by atoms with van der Waals surface area (Å²) in [7, 11) is -4.59. The van der Waals surface area contributed by atoms with Gasteiger partial charge in [-0.2, -0.15) is 13.2 Å². The van der Waals surface area contributed by atoms with E-state index in [-0.39, 0.29) is 27.5 Å². The Kier molecular flexibility index (Phi) is 11.6. The van der Waals surface area contributed by atoms with Crippen LogP contribution in [0.25, 0.3) is 0 Å². The molecular weight excluding hydrogens is 662 g/mol. The van der Waals surface area contributed by atoms with E-state index < -0.39 is 56.9 Å². The van der Waals surface area contributed by atoms with E-state index in [0.717, 1.165) is 22.6 Å². The quantitative estimate of drug-likeness (QED) is 0.226. The highest BCUT2D eigenvalue weighted by Gasteiger charge is 2.37. The third kappa shape index (κ3) is 8.59. The Morgan fingerprint density at radius 2 is 1.52 bits per heavy atom. The summed E-state index contributed by atoms with van der Waals surface area (Å²) in [4.78, 5) is 28.0. The van der Waals surface area contributed by atoms with Crippen molar-refractivity contribution >= 4 is 62.3 Å². The van der Waals surface area contributed by atoms with Crippen LogP contribution < -0.4 is 9.62 Å². The van der Waals surface area contributed by atoms with Crippen molar-refractivity contribution in [2.45, 2.75) is 63.8 Å². The van der Waals surface area contributed by atoms with Crippen molar-refractivity contribution in [1.82, 2.24) is 10.2 Å². The molecule has 0 saturated carbocycles. The molecular formula is C30H31Cl3F3N3O4S. The van der Waals surface area contributed by atoms with Crippen molar-refractivity contribution in [2.75, 3.05) is 10.8 Å². The Bertz CT molecular complexity index is 1620. The zero-order chi connectivity index (χ0) is 33.0. The predicted molar refractivity (Wildman–Crippen MR) is 167 cm³/mol. The average molecular weight is 693 g/mol. The van der Waals surface area contributed by atoms with E-state index in [1.807, 2.05) is 6.92 Å². The molecule has 1 N–H and O–H groups in total. The van der Waals surface area contributed by atoms with Crippen molar-refractivity contribution in [3.05, 3.63) is 92.4 Å². The number of alkyl halides is 3. The van der Waals surface area contributed by atoms with E-state index in [2.05, 4.69) is 5.32 Å². The fourth-order valence-electron chi connectivity index (χ4n) is 4.13. The number of anilines is 1. The predicted octanol–water partition coefficient (Wildman–Crippen LogP) is 7.50. The molecule has 0 aliphatic heterocycles. The molecule has 0 heterocycles. The molecule has 0 aliphatic rings. The number of halogens is 6. The fourth-order valence-corrected chi connectivity index (χ4v) is 6.09. The zero-order valence-corrected chi connectivity index (χ0v) is 27.3. The van der Waals surface area contributed by atoms with E-state index in [0.29, 0.717) is 22.4 Å². The normalized spacial score (nSPS) is 13.2. The average Bonchev–Trinajstić information content (AvgIpc) is 2.95. The summed E-state index contributed by atoms with van der Waals surface area (Å²) in [5.74, 6) is -1.37. The van der Waals surface area contributed by atoms with Crippen LogP contribution in [0.2, 0.25) is 15.1 Å². The van der Waals surface area contributed by atoms with Gasteiger partial charge in [-0.3, -0.25) is 13.9 Å². The lowest BCUT2D eigenvalue weighted by molar-refractivity contribution is -0.139. The molecule has 238 valence electrons. The van der Waals surface area contributed by atoms with Gasteiger partial charge >= 0.3 is 6.18 Å². The number of amides is 2. The molecule has 2 atom stereocenters. The summed E-state index contributed by atoms with van der Waals surface area (Å²) in [5, 5.41) is 2.61. The van der Waals surface area contributed by atoms with Gasteiger partial charge in [0.25, 0.3) is 10.0 Å². The van der Waals surface area contributed by atoms with Crippen LogP contribution in [-0.2, 0) is 32.3 Å². The molecule has 0 aromatic heterocycles. The number of nitrogens with one attached hydrogen (secondary N) is 1. The lowest BCUT2D eigenvalue weighted by Crippen LogP contribution is -2.52. The fraction of sp³-hybridized carbons (Fsp3) is 0.333. The maximum absolute atomic E-state index is 14.0. The summed E-state index contributed by atoms with van der Waals surface area (Å²) >= 11 is 18.0. The second kappa shape index (κ2) is 14.4. The van der Waals surface area contributed by atoms with Crippen LogP contribution in [0.4, 0.5) is 18.9 Å². The van der Waals surface area contributed by atoms with E-state index >= 15 is 0 Å². The number of rotatable bonds is 11. The summed E-state index contributed by atoms with van der Waals surface area (Å²) < 4.78 is 69.7. The number of hydrogen-bond donors (Lipinski definition) is 1. The van der Waals surface area contributed by atoms with E-state index in [9.17, 15) is 31.2 Å². The Morgan fingerprint density at radius 1 is 0.909 bits per heavy atom. The van der Waals surface area contributed by atoms with Gasteiger partial charge in [0, 0.05) is 12.6 Å². The Morgan fingerprint density at radius 3 is 2.09 bits per heavy atom. The number of carbonyl (C=O) groups excluding carboxylic acids is 2. The summed E-state index contributed by atoms with van der Waals surface area (Å²) in [6.45, 7) is 5.73. The molecule has 3 aromatic rings. The zero-order valence-electron chi connectivity index (χ0n) is 24.3. The van der Waals surface area contributed by atoms with Gasteiger partial charge in [-0.05, 0) is 75.2 Å². The standard InChI is InChI=1S/C30H31Cl3F3N3O4S/c1-5-19(3)37-29(41)20(4)38(16-21-8-12-26(32)27(33)14-21)28(40)17-39(44(42,43)23-10-6-18(2)7-11-23)22-9-13-25(31)24(15-22)30(34,35)36/h6-15,19-20H,5,16-17H2,1-4H3,(H,37,41)/t19-,20+/m1/s1. The van der Waals surface area contributed by atoms with Crippen LogP contribution in [0.5, 0.6) is 0 Å². The Labute approximate surface area is 269 Å². The molecule has 7 nitrogen and oxygen atoms in total. The highest BCUT2D eigenvalue weighted by molar-refractivity contribution is 7.92. The van der Waals surface area contributed by atoms with Crippen LogP contribution >= 0.6 is 34.8 Å². The van der Waals surface area contributed by atoms with E-state index in [1.165, 1.54) is 43.3 Å². The van der Waals surface area contributed by atoms with Gasteiger partial charge in [0.2, 0.25) is 11.8 Å². The second-order valence-electron chi connectivity index (χ2n) is 10.3. The van der Waals surface area contributed by atoms with Crippen molar-refractivity contribution in [1.29, 1.82) is 0 Å². The number of aryl methyl sites for hydroxylation is 1. The minimum absolute atomic E-state index is 0.183. The van der Waals surface area contributed by atoms with E-state index in [1.54, 1.807) is 19.9 Å². The smallest absolute Gasteiger partial charge is 0.352 e. The molecule has 0 radical (unpaired) electrons. The van der Waals surface area contributed by atoms with Crippen molar-refractivity contribution in [3.8, 4) is 0 Å². The highest BCUT2D eigenvalue weighted by Crippen LogP contribution is 2.38. The molecule has 0 bridgehead atoms. The van der Waals surface area contributed by atoms with Gasteiger partial charge in [-0.15, -0.1) is 0 Å². The maximum atomic E-state index is 14.0. The van der Waals surface area contributed by atoms with Crippen LogP contribution in [0, 0.1) is 6.92 Å². The second-order valence-corrected chi connectivity index (χ2v) is 13.3. The third-order valence-corrected chi connectivity index (χ3v) is 9.79. The van der Waals surface area contributed by atoms with Gasteiger partial charge in [0.05, 0.1) is 31.2 Å². The maximum Gasteiger partial charge on any atom is 0.417 e. The first-order valence-corrected chi connectivity index (χ1v) is 16.0. The molecule has 44 heavy (non-hydrogen) atoms. The molecule has 0 saturated heterocycles. The molecule has 3 rings (SSSR count). The first-order chi connectivity index (χ1) is 20.4. The largest absolute Gasteiger partial charge is 0.417 e. The van der Waals surface area contributed by atoms with Crippen molar-refractivity contribution in [2.24, 2.45) is 0 Å². The van der Waals surface area contributed by atoms with Crippen molar-refractivity contribution in [3.63, 3.8) is 0 Å². The van der Waals surface area contributed by atoms with Gasteiger partial charge in [-0.25, -0.2) is 8.42 Å². The summed E-state index contributed by atoms with van der Waals surface area (Å²) in [5.41, 5.74) is -0.495. The lowest BCUT2D eigenvalue weighted by atomic mass is 10.1. The molecule has 2 amide bonds. The summed E-state index contributed by atoms with van der Waals surface area (Å²) in [6, 6.07) is 11.5. The summed E-state index contributed by atoms with van der Waals surface area (Å²) in [6.07, 6.45) is -4.29. The first-order valence-electron chi connectivity index (χ1n) is 13.5. The third-order valence-electron chi connectivity index (χ3n) is 6.94. The molecule has 14 heteroatoms. The van der Waals surface area contributed by atoms with Gasteiger partial charge in [0.15, 0.2) is 0 Å². The van der Waals surface area contributed by atoms with Crippen LogP contribution in [0.15, 0.2) is 65.6 Å². The van der Waals surface area contributed by atoms with Gasteiger partial charge < -0.3 is 10.2 Å². The molecule has 3 aromatic carbocycles. The minimum Gasteiger partial charge on any atom is -0.352 e. The Hall–Kier alpha value is -2.99. The molecule has 0 fully saturated rings. The van der Waals surface area contributed by atoms with Crippen LogP contribution in [0.3, 0.4) is 0 Å². The van der Waals surface area contributed by atoms with Crippen LogP contribution in [-0.4, -0.2) is 43.8 Å². The van der Waals surface area contributed by atoms with Crippen LogP contribution in [0.1, 0.15) is 43.9 Å². The van der Waals surface area contributed by atoms with Gasteiger partial charge in [-0.1, -0.05) is 65.5 Å².